The molecule has 1 aliphatic heterocycles. The number of hydrogen-bond acceptors (Lipinski definition) is 5. The maximum absolute atomic E-state index is 13.1. The molecule has 6 nitrogen and oxygen atoms in total. The first-order valence-electron chi connectivity index (χ1n) is 10.3. The van der Waals surface area contributed by atoms with Crippen molar-refractivity contribution in [3.05, 3.63) is 51.2 Å². The Kier molecular flexibility index (Phi) is 5.83. The van der Waals surface area contributed by atoms with Crippen molar-refractivity contribution in [2.75, 3.05) is 26.2 Å². The predicted molar refractivity (Wildman–Crippen MR) is 117 cm³/mol. The number of benzene rings is 1. The Morgan fingerprint density at radius 2 is 1.73 bits per heavy atom. The second-order valence-corrected chi connectivity index (χ2v) is 11.1. The summed E-state index contributed by atoms with van der Waals surface area (Å²) in [6.07, 6.45) is 3.10. The third-order valence-electron chi connectivity index (χ3n) is 6.06. The van der Waals surface area contributed by atoms with Crippen LogP contribution in [-0.4, -0.2) is 55.5 Å². The number of Topliss-reactive ketones (excluding diaryl/α,β-unsaturated/α-hetero) is 1. The molecule has 0 bridgehead atoms. The first kappa shape index (κ1) is 21.2. The summed E-state index contributed by atoms with van der Waals surface area (Å²) in [5, 5.41) is 1.98. The topological polar surface area (TPSA) is 74.8 Å². The van der Waals surface area contributed by atoms with Gasteiger partial charge in [-0.05, 0) is 49.8 Å². The summed E-state index contributed by atoms with van der Waals surface area (Å²) in [5.74, 6) is 0.582. The van der Waals surface area contributed by atoms with Gasteiger partial charge in [-0.15, -0.1) is 11.3 Å². The van der Waals surface area contributed by atoms with Crippen LogP contribution in [0.3, 0.4) is 0 Å². The summed E-state index contributed by atoms with van der Waals surface area (Å²) in [6, 6.07) is 6.02. The molecule has 1 amide bonds. The zero-order valence-electron chi connectivity index (χ0n) is 17.3. The van der Waals surface area contributed by atoms with Crippen LogP contribution in [0, 0.1) is 5.92 Å². The quantitative estimate of drug-likeness (QED) is 0.676. The van der Waals surface area contributed by atoms with Gasteiger partial charge in [0.05, 0.1) is 10.5 Å². The minimum Gasteiger partial charge on any atom is -0.336 e. The van der Waals surface area contributed by atoms with Crippen LogP contribution in [0.2, 0.25) is 0 Å². The molecule has 0 radical (unpaired) electrons. The Balaban J connectivity index is 1.43. The number of fused-ring (bicyclic) bond motifs is 1. The predicted octanol–water partition coefficient (Wildman–Crippen LogP) is 3.22. The molecule has 4 rings (SSSR count). The van der Waals surface area contributed by atoms with Gasteiger partial charge in [0.15, 0.2) is 5.78 Å². The van der Waals surface area contributed by atoms with E-state index in [2.05, 4.69) is 6.92 Å². The maximum atomic E-state index is 13.1. The van der Waals surface area contributed by atoms with Crippen molar-refractivity contribution in [3.8, 4) is 0 Å². The van der Waals surface area contributed by atoms with Crippen LogP contribution in [0.5, 0.6) is 0 Å². The molecule has 8 heteroatoms. The first-order chi connectivity index (χ1) is 14.3. The van der Waals surface area contributed by atoms with Crippen LogP contribution in [0.15, 0.2) is 34.5 Å². The van der Waals surface area contributed by atoms with E-state index in [4.69, 9.17) is 0 Å². The van der Waals surface area contributed by atoms with Gasteiger partial charge < -0.3 is 4.90 Å². The van der Waals surface area contributed by atoms with Crippen molar-refractivity contribution in [2.24, 2.45) is 5.92 Å². The molecular formula is C22H26N2O4S2. The van der Waals surface area contributed by atoms with E-state index >= 15 is 0 Å². The summed E-state index contributed by atoms with van der Waals surface area (Å²) >= 11 is 1.68. The molecule has 0 N–H and O–H groups in total. The summed E-state index contributed by atoms with van der Waals surface area (Å²) in [5.41, 5.74) is 2.49. The normalized spacial score (nSPS) is 20.1. The van der Waals surface area contributed by atoms with Gasteiger partial charge >= 0.3 is 0 Å². The second kappa shape index (κ2) is 8.24. The van der Waals surface area contributed by atoms with Crippen LogP contribution in [0.25, 0.3) is 0 Å². The van der Waals surface area contributed by atoms with Crippen LogP contribution in [0.1, 0.15) is 51.4 Å². The van der Waals surface area contributed by atoms with Crippen LogP contribution in [-0.2, 0) is 22.9 Å². The van der Waals surface area contributed by atoms with E-state index in [1.54, 1.807) is 16.2 Å². The van der Waals surface area contributed by atoms with Gasteiger partial charge in [-0.2, -0.15) is 4.31 Å². The molecule has 1 saturated heterocycles. The Morgan fingerprint density at radius 3 is 2.37 bits per heavy atom. The molecule has 30 heavy (non-hydrogen) atoms. The first-order valence-corrected chi connectivity index (χ1v) is 12.6. The van der Waals surface area contributed by atoms with E-state index in [9.17, 15) is 18.0 Å². The summed E-state index contributed by atoms with van der Waals surface area (Å²) in [7, 11) is -3.64. The zero-order chi connectivity index (χ0) is 21.5. The molecule has 1 unspecified atom stereocenters. The van der Waals surface area contributed by atoms with Crippen molar-refractivity contribution in [1.29, 1.82) is 0 Å². The van der Waals surface area contributed by atoms with Gasteiger partial charge in [0.2, 0.25) is 10.0 Å². The monoisotopic (exact) mass is 446 g/mol. The lowest BCUT2D eigenvalue weighted by atomic mass is 9.88. The number of carbonyl (C=O) groups is 2. The molecule has 1 aromatic carbocycles. The molecule has 1 fully saturated rings. The maximum Gasteiger partial charge on any atom is 0.255 e. The van der Waals surface area contributed by atoms with Gasteiger partial charge in [-0.3, -0.25) is 9.59 Å². The average molecular weight is 447 g/mol. The van der Waals surface area contributed by atoms with Crippen molar-refractivity contribution >= 4 is 33.1 Å². The van der Waals surface area contributed by atoms with Gasteiger partial charge in [0, 0.05) is 42.0 Å². The molecular weight excluding hydrogens is 420 g/mol. The number of nitrogens with zero attached hydrogens (tertiary/aromatic N) is 2. The lowest BCUT2D eigenvalue weighted by molar-refractivity contribution is 0.0697. The highest BCUT2D eigenvalue weighted by molar-refractivity contribution is 7.89. The number of thiophene rings is 1. The van der Waals surface area contributed by atoms with Crippen LogP contribution < -0.4 is 0 Å². The summed E-state index contributed by atoms with van der Waals surface area (Å²) in [4.78, 5) is 27.8. The minimum atomic E-state index is -3.64. The average Bonchev–Trinajstić information content (AvgIpc) is 3.16. The Labute approximate surface area is 181 Å². The van der Waals surface area contributed by atoms with E-state index in [0.717, 1.165) is 24.8 Å². The highest BCUT2D eigenvalue weighted by Crippen LogP contribution is 2.33. The number of sulfonamides is 1. The molecule has 2 aromatic rings. The molecule has 1 atom stereocenters. The number of piperazine rings is 1. The molecule has 2 heterocycles. The largest absolute Gasteiger partial charge is 0.336 e. The summed E-state index contributed by atoms with van der Waals surface area (Å²) < 4.78 is 27.3. The molecule has 2 aliphatic rings. The smallest absolute Gasteiger partial charge is 0.255 e. The van der Waals surface area contributed by atoms with E-state index in [0.29, 0.717) is 24.6 Å². The zero-order valence-corrected chi connectivity index (χ0v) is 18.9. The highest BCUT2D eigenvalue weighted by Gasteiger charge is 2.32. The fraction of sp³-hybridized carbons (Fsp3) is 0.455. The lowest BCUT2D eigenvalue weighted by Crippen LogP contribution is -2.50. The number of ketones is 1. The molecule has 0 spiro atoms. The minimum absolute atomic E-state index is 0.0184. The summed E-state index contributed by atoms with van der Waals surface area (Å²) in [6.45, 7) is 5.00. The van der Waals surface area contributed by atoms with Crippen molar-refractivity contribution in [3.63, 3.8) is 0 Å². The van der Waals surface area contributed by atoms with Gasteiger partial charge in [0.25, 0.3) is 5.91 Å². The van der Waals surface area contributed by atoms with E-state index in [1.165, 1.54) is 45.9 Å². The lowest BCUT2D eigenvalue weighted by Gasteiger charge is -2.34. The van der Waals surface area contributed by atoms with Gasteiger partial charge in [0.1, 0.15) is 0 Å². The SMILES string of the molecule is CC(=O)c1ccc(S(=O)(=O)N2CCN(C(=O)c3csc4c3CCC(C)C4)CC2)cc1. The molecule has 0 saturated carbocycles. The van der Waals surface area contributed by atoms with Crippen molar-refractivity contribution < 1.29 is 18.0 Å². The van der Waals surface area contributed by atoms with Gasteiger partial charge in [-0.25, -0.2) is 8.42 Å². The van der Waals surface area contributed by atoms with Crippen molar-refractivity contribution in [2.45, 2.75) is 38.0 Å². The second-order valence-electron chi connectivity index (χ2n) is 8.18. The van der Waals surface area contributed by atoms with Crippen molar-refractivity contribution in [1.82, 2.24) is 9.21 Å². The van der Waals surface area contributed by atoms with Crippen LogP contribution >= 0.6 is 11.3 Å². The molecule has 160 valence electrons. The number of amides is 1. The van der Waals surface area contributed by atoms with E-state index in [1.807, 2.05) is 5.38 Å². The highest BCUT2D eigenvalue weighted by atomic mass is 32.2. The fourth-order valence-electron chi connectivity index (χ4n) is 4.17. The van der Waals surface area contributed by atoms with E-state index < -0.39 is 10.0 Å². The standard InChI is InChI=1S/C22H26N2O4S2/c1-15-3-8-19-20(14-29-21(19)13-15)22(26)23-9-11-24(12-10-23)30(27,28)18-6-4-17(5-7-18)16(2)25/h4-7,14-15H,3,8-13H2,1-2H3. The molecule has 1 aromatic heterocycles. The third-order valence-corrected chi connectivity index (χ3v) is 9.02. The van der Waals surface area contributed by atoms with E-state index in [-0.39, 0.29) is 29.7 Å². The number of rotatable bonds is 4. The third kappa shape index (κ3) is 3.96. The van der Waals surface area contributed by atoms with Crippen LogP contribution in [0.4, 0.5) is 0 Å². The fourth-order valence-corrected chi connectivity index (χ4v) is 6.83. The Hall–Kier alpha value is -2.03. The number of hydrogen-bond donors (Lipinski definition) is 0. The van der Waals surface area contributed by atoms with Gasteiger partial charge in [-0.1, -0.05) is 19.1 Å². The Morgan fingerprint density at radius 1 is 1.07 bits per heavy atom. The number of carbonyl (C=O) groups excluding carboxylic acids is 2. The molecule has 1 aliphatic carbocycles. The Bertz CT molecular complexity index is 1070.